The van der Waals surface area contributed by atoms with Gasteiger partial charge in [0.1, 0.15) is 5.82 Å². The van der Waals surface area contributed by atoms with Gasteiger partial charge in [-0.15, -0.1) is 0 Å². The summed E-state index contributed by atoms with van der Waals surface area (Å²) in [7, 11) is -5.71. The number of hydrogen-bond acceptors (Lipinski definition) is 2. The molecule has 69 heavy (non-hydrogen) atoms. The SMILES string of the molecule is c1ccc([Si](c2ccccc2)(c2ccccc2)c2cccc(-c3cc(-n4c5ccccc5c5ccccc54)nc(-c4cccc([Si](c5ccccc5)(c5ccccc5)c5ccccc5)c4)n3)c2)cc1. The highest BCUT2D eigenvalue weighted by Crippen LogP contribution is 2.33. The molecule has 2 aromatic heterocycles. The van der Waals surface area contributed by atoms with Gasteiger partial charge in [0.25, 0.3) is 0 Å². The minimum atomic E-state index is -2.86. The van der Waals surface area contributed by atoms with Crippen molar-refractivity contribution in [2.24, 2.45) is 0 Å². The van der Waals surface area contributed by atoms with E-state index >= 15 is 0 Å². The zero-order valence-electron chi connectivity index (χ0n) is 38.0. The first-order valence-corrected chi connectivity index (χ1v) is 27.7. The predicted octanol–water partition coefficient (Wildman–Crippen LogP) is 9.66. The van der Waals surface area contributed by atoms with Crippen molar-refractivity contribution < 1.29 is 0 Å². The van der Waals surface area contributed by atoms with Crippen LogP contribution in [0.1, 0.15) is 0 Å². The molecule has 0 bridgehead atoms. The second kappa shape index (κ2) is 18.0. The maximum Gasteiger partial charge on any atom is 0.179 e. The summed E-state index contributed by atoms with van der Waals surface area (Å²) in [6.07, 6.45) is 0. The van der Waals surface area contributed by atoms with Gasteiger partial charge >= 0.3 is 0 Å². The molecule has 0 aliphatic carbocycles. The van der Waals surface area contributed by atoms with Crippen LogP contribution in [0, 0.1) is 0 Å². The van der Waals surface area contributed by atoms with Gasteiger partial charge in [0.05, 0.1) is 16.7 Å². The van der Waals surface area contributed by atoms with E-state index in [-0.39, 0.29) is 0 Å². The van der Waals surface area contributed by atoms with Crippen molar-refractivity contribution >= 4 is 79.4 Å². The summed E-state index contributed by atoms with van der Waals surface area (Å²) in [5.41, 5.74) is 5.07. The van der Waals surface area contributed by atoms with E-state index in [0.717, 1.165) is 33.7 Å². The highest BCUT2D eigenvalue weighted by atomic mass is 28.3. The lowest BCUT2D eigenvalue weighted by Gasteiger charge is -2.34. The van der Waals surface area contributed by atoms with Crippen molar-refractivity contribution in [3.8, 4) is 28.5 Å². The molecule has 0 amide bonds. The molecule has 0 atom stereocenters. The fourth-order valence-corrected chi connectivity index (χ4v) is 20.5. The number of hydrogen-bond donors (Lipinski definition) is 0. The third kappa shape index (κ3) is 7.19. The molecule has 0 radical (unpaired) electrons. The predicted molar refractivity (Wildman–Crippen MR) is 294 cm³/mol. The van der Waals surface area contributed by atoms with Crippen LogP contribution < -0.4 is 41.5 Å². The average Bonchev–Trinajstić information content (AvgIpc) is 3.78. The van der Waals surface area contributed by atoms with Gasteiger partial charge in [0, 0.05) is 28.0 Å². The lowest BCUT2D eigenvalue weighted by Crippen LogP contribution is -2.74. The Hall–Kier alpha value is -8.49. The maximum atomic E-state index is 5.63. The van der Waals surface area contributed by atoms with Crippen LogP contribution in [-0.2, 0) is 0 Å². The van der Waals surface area contributed by atoms with E-state index in [1.54, 1.807) is 0 Å². The highest BCUT2D eigenvalue weighted by Gasteiger charge is 2.43. The van der Waals surface area contributed by atoms with Crippen LogP contribution in [0.25, 0.3) is 50.3 Å². The third-order valence-corrected chi connectivity index (χ3v) is 23.5. The van der Waals surface area contributed by atoms with Crippen LogP contribution in [0.3, 0.4) is 0 Å². The van der Waals surface area contributed by atoms with Crippen LogP contribution in [0.15, 0.2) is 285 Å². The second-order valence-corrected chi connectivity index (χ2v) is 25.3. The third-order valence-electron chi connectivity index (χ3n) is 13.9. The van der Waals surface area contributed by atoms with E-state index in [9.17, 15) is 0 Å². The van der Waals surface area contributed by atoms with Crippen molar-refractivity contribution in [1.29, 1.82) is 0 Å². The molecule has 10 aromatic carbocycles. The first kappa shape index (κ1) is 41.9. The molecule has 0 saturated heterocycles. The van der Waals surface area contributed by atoms with Crippen molar-refractivity contribution in [3.63, 3.8) is 0 Å². The van der Waals surface area contributed by atoms with E-state index in [4.69, 9.17) is 9.97 Å². The zero-order chi connectivity index (χ0) is 46.0. The number of aromatic nitrogens is 3. The molecule has 3 nitrogen and oxygen atoms in total. The Labute approximate surface area is 405 Å². The summed E-state index contributed by atoms with van der Waals surface area (Å²) < 4.78 is 2.32. The molecule has 12 rings (SSSR count). The average molecular weight is 914 g/mol. The summed E-state index contributed by atoms with van der Waals surface area (Å²) in [6, 6.07) is 104. The first-order chi connectivity index (χ1) is 34.2. The summed E-state index contributed by atoms with van der Waals surface area (Å²) in [5.74, 6) is 1.49. The Morgan fingerprint density at radius 2 is 0.580 bits per heavy atom. The maximum absolute atomic E-state index is 5.63. The molecule has 0 N–H and O–H groups in total. The van der Waals surface area contributed by atoms with Gasteiger partial charge in [-0.1, -0.05) is 267 Å². The minimum Gasteiger partial charge on any atom is -0.294 e. The van der Waals surface area contributed by atoms with Crippen LogP contribution in [-0.4, -0.2) is 30.7 Å². The number of benzene rings is 10. The lowest BCUT2D eigenvalue weighted by molar-refractivity contribution is 1.05. The van der Waals surface area contributed by atoms with E-state index in [2.05, 4.69) is 290 Å². The molecular weight excluding hydrogens is 867 g/mol. The Morgan fingerprint density at radius 3 is 0.971 bits per heavy atom. The Bertz CT molecular complexity index is 3280. The van der Waals surface area contributed by atoms with Gasteiger partial charge in [-0.2, -0.15) is 0 Å². The minimum absolute atomic E-state index is 0.673. The molecule has 0 fully saturated rings. The molecule has 0 aliphatic heterocycles. The van der Waals surface area contributed by atoms with Crippen molar-refractivity contribution in [1.82, 2.24) is 14.5 Å². The number of rotatable bonds is 11. The van der Waals surface area contributed by atoms with Gasteiger partial charge in [-0.05, 0) is 53.6 Å². The van der Waals surface area contributed by atoms with Crippen LogP contribution in [0.5, 0.6) is 0 Å². The Morgan fingerprint density at radius 1 is 0.261 bits per heavy atom. The van der Waals surface area contributed by atoms with Gasteiger partial charge in [-0.3, -0.25) is 4.57 Å². The zero-order valence-corrected chi connectivity index (χ0v) is 40.0. The fourth-order valence-electron chi connectivity index (χ4n) is 10.9. The van der Waals surface area contributed by atoms with E-state index in [0.29, 0.717) is 5.82 Å². The quantitative estimate of drug-likeness (QED) is 0.0957. The summed E-state index contributed by atoms with van der Waals surface area (Å²) in [5, 5.41) is 12.9. The normalized spacial score (nSPS) is 11.8. The molecular formula is C64H47N3Si2. The van der Waals surface area contributed by atoms with Crippen molar-refractivity contribution in [2.75, 3.05) is 0 Å². The molecule has 0 saturated carbocycles. The highest BCUT2D eigenvalue weighted by molar-refractivity contribution is 7.20. The smallest absolute Gasteiger partial charge is 0.179 e. The van der Waals surface area contributed by atoms with E-state index in [1.165, 1.54) is 52.3 Å². The summed E-state index contributed by atoms with van der Waals surface area (Å²) >= 11 is 0. The van der Waals surface area contributed by atoms with Crippen LogP contribution in [0.2, 0.25) is 0 Å². The Balaban J connectivity index is 1.13. The van der Waals surface area contributed by atoms with E-state index in [1.807, 2.05) is 0 Å². The van der Waals surface area contributed by atoms with Crippen molar-refractivity contribution in [2.45, 2.75) is 0 Å². The van der Waals surface area contributed by atoms with Crippen molar-refractivity contribution in [3.05, 3.63) is 285 Å². The Kier molecular flexibility index (Phi) is 10.9. The largest absolute Gasteiger partial charge is 0.294 e. The van der Waals surface area contributed by atoms with E-state index < -0.39 is 16.1 Å². The summed E-state index contributed by atoms with van der Waals surface area (Å²) in [6.45, 7) is 0. The molecule has 2 heterocycles. The summed E-state index contributed by atoms with van der Waals surface area (Å²) in [4.78, 5) is 11.2. The molecule has 5 heteroatoms. The standard InChI is InChI=1S/C64H47N3Si2/c1-7-27-50(28-8-1)68(51-29-9-2-10-30-51,52-31-11-3-12-32-52)56-39-23-25-48(45-56)60-47-63(67-61-43-21-19-41-58(61)59-42-20-22-44-62(59)67)66-64(65-60)49-26-24-40-57(46-49)69(53-33-13-4-14-34-53,54-35-15-5-16-36-54)55-37-17-6-18-38-55/h1-47H. The first-order valence-electron chi connectivity index (χ1n) is 23.7. The molecule has 0 aliphatic rings. The number of fused-ring (bicyclic) bond motifs is 3. The molecule has 12 aromatic rings. The van der Waals surface area contributed by atoms with Gasteiger partial charge < -0.3 is 0 Å². The lowest BCUT2D eigenvalue weighted by atomic mass is 10.1. The van der Waals surface area contributed by atoms with Gasteiger partial charge in [0.15, 0.2) is 22.0 Å². The fraction of sp³-hybridized carbons (Fsp3) is 0. The van der Waals surface area contributed by atoms with Crippen LogP contribution in [0.4, 0.5) is 0 Å². The molecule has 0 spiro atoms. The van der Waals surface area contributed by atoms with Gasteiger partial charge in [-0.25, -0.2) is 9.97 Å². The van der Waals surface area contributed by atoms with Crippen LogP contribution >= 0.6 is 0 Å². The number of para-hydroxylation sites is 2. The van der Waals surface area contributed by atoms with Gasteiger partial charge in [0.2, 0.25) is 0 Å². The number of nitrogens with zero attached hydrogens (tertiary/aromatic N) is 3. The molecule has 0 unspecified atom stereocenters. The monoisotopic (exact) mass is 913 g/mol. The topological polar surface area (TPSA) is 30.7 Å². The molecule has 326 valence electrons. The second-order valence-electron chi connectivity index (χ2n) is 17.7.